The molecule has 2 N–H and O–H groups in total. The average molecular weight is 754 g/mol. The minimum atomic E-state index is -0.465. The number of amides is 4. The van der Waals surface area contributed by atoms with Crippen LogP contribution in [-0.4, -0.2) is 58.9 Å². The molecule has 5 aromatic carbocycles. The van der Waals surface area contributed by atoms with E-state index in [0.717, 1.165) is 28.5 Å². The van der Waals surface area contributed by atoms with E-state index >= 15 is 0 Å². The van der Waals surface area contributed by atoms with E-state index in [1.165, 1.54) is 24.3 Å². The number of carbonyl (C=O) groups excluding carboxylic acids is 5. The third-order valence-corrected chi connectivity index (χ3v) is 10.4. The van der Waals surface area contributed by atoms with E-state index in [1.54, 1.807) is 59.5 Å². The molecule has 0 saturated carbocycles. The number of likely N-dealkylation sites (tertiary alicyclic amines) is 1. The molecule has 0 unspecified atom stereocenters. The molecule has 2 aliphatic heterocycles. The Morgan fingerprint density at radius 2 is 1.49 bits per heavy atom. The van der Waals surface area contributed by atoms with E-state index in [9.17, 15) is 28.4 Å². The molecular formula is C44H36FN3O6S. The van der Waals surface area contributed by atoms with Crippen molar-refractivity contribution in [2.75, 3.05) is 13.1 Å². The van der Waals surface area contributed by atoms with Crippen molar-refractivity contribution in [3.05, 3.63) is 171 Å². The molecule has 0 aliphatic carbocycles. The highest BCUT2D eigenvalue weighted by Gasteiger charge is 2.37. The van der Waals surface area contributed by atoms with Crippen molar-refractivity contribution in [3.8, 4) is 11.1 Å². The fourth-order valence-electron chi connectivity index (χ4n) is 6.81. The highest BCUT2D eigenvalue weighted by atomic mass is 32.2. The summed E-state index contributed by atoms with van der Waals surface area (Å²) in [6.07, 6.45) is 2.21. The summed E-state index contributed by atoms with van der Waals surface area (Å²) in [6, 6.07) is 36.3. The number of halogens is 1. The van der Waals surface area contributed by atoms with Crippen LogP contribution in [-0.2, 0) is 16.1 Å². The number of ether oxygens (including phenoxy) is 1. The van der Waals surface area contributed by atoms with Gasteiger partial charge in [-0.15, -0.1) is 0 Å². The first-order valence-electron chi connectivity index (χ1n) is 17.8. The Hall–Kier alpha value is -6.17. The Balaban J connectivity index is 1.06. The van der Waals surface area contributed by atoms with E-state index in [2.05, 4.69) is 16.7 Å². The van der Waals surface area contributed by atoms with Crippen LogP contribution in [0, 0.1) is 5.82 Å². The quantitative estimate of drug-likeness (QED) is 0.0991. The molecule has 276 valence electrons. The Labute approximate surface area is 321 Å². The molecule has 2 heterocycles. The van der Waals surface area contributed by atoms with E-state index in [0.29, 0.717) is 30.6 Å². The van der Waals surface area contributed by atoms with Gasteiger partial charge in [0.15, 0.2) is 5.78 Å². The lowest BCUT2D eigenvalue weighted by molar-refractivity contribution is -0.115. The zero-order valence-corrected chi connectivity index (χ0v) is 30.4. The normalized spacial score (nSPS) is 17.3. The molecule has 0 bridgehead atoms. The fraction of sp³-hybridized carbons (Fsp3) is 0.159. The fourth-order valence-corrected chi connectivity index (χ4v) is 7.49. The zero-order valence-electron chi connectivity index (χ0n) is 29.6. The van der Waals surface area contributed by atoms with Gasteiger partial charge in [-0.1, -0.05) is 84.9 Å². The van der Waals surface area contributed by atoms with Crippen LogP contribution in [0.25, 0.3) is 17.2 Å². The van der Waals surface area contributed by atoms with Crippen molar-refractivity contribution < 1.29 is 33.1 Å². The van der Waals surface area contributed by atoms with Gasteiger partial charge in [0, 0.05) is 35.8 Å². The van der Waals surface area contributed by atoms with Gasteiger partial charge in [0.05, 0.1) is 23.2 Å². The summed E-state index contributed by atoms with van der Waals surface area (Å²) < 4.78 is 20.1. The molecule has 0 radical (unpaired) electrons. The highest BCUT2D eigenvalue weighted by molar-refractivity contribution is 8.18. The monoisotopic (exact) mass is 753 g/mol. The predicted octanol–water partition coefficient (Wildman–Crippen LogP) is 7.67. The molecule has 11 heteroatoms. The van der Waals surface area contributed by atoms with Crippen molar-refractivity contribution in [2.45, 2.75) is 31.6 Å². The van der Waals surface area contributed by atoms with Crippen LogP contribution < -0.4 is 10.6 Å². The smallest absolute Gasteiger partial charge is 0.290 e. The molecule has 4 amide bonds. The van der Waals surface area contributed by atoms with Crippen molar-refractivity contribution in [1.29, 1.82) is 0 Å². The second kappa shape index (κ2) is 16.9. The van der Waals surface area contributed by atoms with Gasteiger partial charge in [0.25, 0.3) is 23.0 Å². The molecule has 9 nitrogen and oxygen atoms in total. The molecule has 0 spiro atoms. The van der Waals surface area contributed by atoms with Gasteiger partial charge in [0.1, 0.15) is 5.82 Å². The van der Waals surface area contributed by atoms with Crippen LogP contribution in [0.1, 0.15) is 60.6 Å². The number of rotatable bonds is 12. The summed E-state index contributed by atoms with van der Waals surface area (Å²) in [4.78, 5) is 66.5. The molecule has 2 fully saturated rings. The Morgan fingerprint density at radius 3 is 2.22 bits per heavy atom. The van der Waals surface area contributed by atoms with E-state index < -0.39 is 22.7 Å². The predicted molar refractivity (Wildman–Crippen MR) is 209 cm³/mol. The molecule has 2 saturated heterocycles. The number of nitrogens with zero attached hydrogens (tertiary/aromatic N) is 1. The number of thioether (sulfide) groups is 1. The second-order valence-electron chi connectivity index (χ2n) is 13.2. The van der Waals surface area contributed by atoms with E-state index in [4.69, 9.17) is 4.74 Å². The van der Waals surface area contributed by atoms with Gasteiger partial charge in [0.2, 0.25) is 0 Å². The summed E-state index contributed by atoms with van der Waals surface area (Å²) in [5.74, 6) is -1.95. The van der Waals surface area contributed by atoms with E-state index in [1.807, 2.05) is 48.5 Å². The van der Waals surface area contributed by atoms with Gasteiger partial charge >= 0.3 is 0 Å². The molecular weight excluding hydrogens is 718 g/mol. The number of imide groups is 1. The summed E-state index contributed by atoms with van der Waals surface area (Å²) in [5.41, 5.74) is 4.93. The summed E-state index contributed by atoms with van der Waals surface area (Å²) in [7, 11) is 0. The van der Waals surface area contributed by atoms with Gasteiger partial charge in [-0.05, 0) is 95.4 Å². The van der Waals surface area contributed by atoms with Crippen LogP contribution in [0.15, 0.2) is 132 Å². The third kappa shape index (κ3) is 8.80. The van der Waals surface area contributed by atoms with Crippen molar-refractivity contribution in [3.63, 3.8) is 0 Å². The summed E-state index contributed by atoms with van der Waals surface area (Å²) >= 11 is 0.822. The van der Waals surface area contributed by atoms with Crippen LogP contribution in [0.2, 0.25) is 0 Å². The first-order valence-corrected chi connectivity index (χ1v) is 18.6. The SMILES string of the molecule is O=C1NC(=O)/C(=C/c2ccc(C(=O)NCC[C@@H]3C[C@@H](OCc4ccccc4-c4ccccc4)CN3C(=O)c3ccccc3C(=O)c3ccc(F)cc3)cc2)S1. The van der Waals surface area contributed by atoms with Crippen molar-refractivity contribution in [1.82, 2.24) is 15.5 Å². The van der Waals surface area contributed by atoms with Crippen LogP contribution in [0.4, 0.5) is 9.18 Å². The lowest BCUT2D eigenvalue weighted by atomic mass is 9.97. The summed E-state index contributed by atoms with van der Waals surface area (Å²) in [5, 5.41) is 4.74. The number of hydrogen-bond acceptors (Lipinski definition) is 7. The molecule has 2 atom stereocenters. The lowest BCUT2D eigenvalue weighted by Crippen LogP contribution is -2.39. The second-order valence-corrected chi connectivity index (χ2v) is 14.2. The van der Waals surface area contributed by atoms with Crippen LogP contribution in [0.5, 0.6) is 0 Å². The number of ketones is 1. The third-order valence-electron chi connectivity index (χ3n) is 9.60. The molecule has 55 heavy (non-hydrogen) atoms. The van der Waals surface area contributed by atoms with Gasteiger partial charge < -0.3 is 15.0 Å². The topological polar surface area (TPSA) is 122 Å². The molecule has 0 aromatic heterocycles. The summed E-state index contributed by atoms with van der Waals surface area (Å²) in [6.45, 7) is 0.869. The Kier molecular flexibility index (Phi) is 11.4. The van der Waals surface area contributed by atoms with Crippen molar-refractivity contribution >= 4 is 46.6 Å². The number of hydrogen-bond donors (Lipinski definition) is 2. The first kappa shape index (κ1) is 37.2. The standard InChI is InChI=1S/C44H36FN3O6S/c45-33-20-18-30(19-21-33)40(49)37-12-6-7-13-38(37)43(52)48-26-35(54-27-32-10-4-5-11-36(32)29-8-2-1-3-9-29)25-34(48)22-23-46-41(50)31-16-14-28(15-17-31)24-39-42(51)47-44(53)55-39/h1-21,24,34-35H,22-23,25-27H2,(H,46,50)(H,47,51,53)/b39-24-/t34-,35-/m1/s1. The minimum absolute atomic E-state index is 0.213. The maximum atomic E-state index is 14.4. The molecule has 5 aromatic rings. The average Bonchev–Trinajstić information content (AvgIpc) is 3.77. The Morgan fingerprint density at radius 1 is 0.818 bits per heavy atom. The largest absolute Gasteiger partial charge is 0.372 e. The van der Waals surface area contributed by atoms with Gasteiger partial charge in [-0.25, -0.2) is 4.39 Å². The van der Waals surface area contributed by atoms with Crippen LogP contribution >= 0.6 is 11.8 Å². The maximum absolute atomic E-state index is 14.4. The van der Waals surface area contributed by atoms with Gasteiger partial charge in [-0.2, -0.15) is 0 Å². The minimum Gasteiger partial charge on any atom is -0.372 e. The van der Waals surface area contributed by atoms with E-state index in [-0.39, 0.29) is 58.6 Å². The number of nitrogens with one attached hydrogen (secondary N) is 2. The number of benzene rings is 5. The highest BCUT2D eigenvalue weighted by Crippen LogP contribution is 2.30. The molecule has 7 rings (SSSR count). The van der Waals surface area contributed by atoms with Crippen molar-refractivity contribution in [2.24, 2.45) is 0 Å². The first-order chi connectivity index (χ1) is 26.7. The number of carbonyl (C=O) groups is 5. The zero-order chi connectivity index (χ0) is 38.3. The van der Waals surface area contributed by atoms with Crippen LogP contribution in [0.3, 0.4) is 0 Å². The Bertz CT molecular complexity index is 2280. The maximum Gasteiger partial charge on any atom is 0.290 e. The lowest BCUT2D eigenvalue weighted by Gasteiger charge is -2.25. The van der Waals surface area contributed by atoms with Gasteiger partial charge in [-0.3, -0.25) is 29.3 Å². The molecule has 2 aliphatic rings.